The number of nitrogens with two attached hydrogens (primary N) is 1. The van der Waals surface area contributed by atoms with Crippen LogP contribution in [0.1, 0.15) is 24.9 Å². The Morgan fingerprint density at radius 1 is 1.33 bits per heavy atom. The lowest BCUT2D eigenvalue weighted by Gasteiger charge is -2.12. The summed E-state index contributed by atoms with van der Waals surface area (Å²) in [6.45, 7) is 3.49. The van der Waals surface area contributed by atoms with Crippen molar-refractivity contribution in [2.24, 2.45) is 5.73 Å². The van der Waals surface area contributed by atoms with E-state index in [2.05, 4.69) is 37.4 Å². The molecular formula is C12H19NOS. The van der Waals surface area contributed by atoms with Crippen LogP contribution in [-0.2, 0) is 4.74 Å². The molecule has 0 saturated carbocycles. The second-order valence-electron chi connectivity index (χ2n) is 3.45. The summed E-state index contributed by atoms with van der Waals surface area (Å²) in [6, 6.07) is 8.34. The highest BCUT2D eigenvalue weighted by Gasteiger charge is 2.05. The third kappa shape index (κ3) is 4.24. The minimum absolute atomic E-state index is 0.00699. The molecule has 0 heterocycles. The zero-order chi connectivity index (χ0) is 11.1. The van der Waals surface area contributed by atoms with Crippen molar-refractivity contribution < 1.29 is 4.74 Å². The first kappa shape index (κ1) is 12.6. The summed E-state index contributed by atoms with van der Waals surface area (Å²) in [4.78, 5) is 1.26. The SMILES string of the molecule is CCCOCC(N)c1ccc(SC)cc1. The predicted octanol–water partition coefficient (Wildman–Crippen LogP) is 2.83. The Kier molecular flexibility index (Phi) is 5.76. The third-order valence-electron chi connectivity index (χ3n) is 2.19. The van der Waals surface area contributed by atoms with Crippen molar-refractivity contribution in [1.82, 2.24) is 0 Å². The molecule has 0 aliphatic heterocycles. The van der Waals surface area contributed by atoms with E-state index in [0.717, 1.165) is 18.6 Å². The molecule has 1 rings (SSSR count). The molecule has 0 aliphatic rings. The highest BCUT2D eigenvalue weighted by Crippen LogP contribution is 2.18. The molecule has 2 nitrogen and oxygen atoms in total. The van der Waals surface area contributed by atoms with Crippen LogP contribution >= 0.6 is 11.8 Å². The van der Waals surface area contributed by atoms with Gasteiger partial charge in [0, 0.05) is 11.5 Å². The minimum Gasteiger partial charge on any atom is -0.379 e. The van der Waals surface area contributed by atoms with Crippen LogP contribution in [0.4, 0.5) is 0 Å². The summed E-state index contributed by atoms with van der Waals surface area (Å²) < 4.78 is 5.43. The number of ether oxygens (including phenoxy) is 1. The average molecular weight is 225 g/mol. The van der Waals surface area contributed by atoms with Crippen molar-refractivity contribution in [3.05, 3.63) is 29.8 Å². The topological polar surface area (TPSA) is 35.2 Å². The zero-order valence-corrected chi connectivity index (χ0v) is 10.2. The van der Waals surface area contributed by atoms with Crippen molar-refractivity contribution in [1.29, 1.82) is 0 Å². The second kappa shape index (κ2) is 6.88. The van der Waals surface area contributed by atoms with Gasteiger partial charge in [-0.3, -0.25) is 0 Å². The van der Waals surface area contributed by atoms with E-state index in [1.807, 2.05) is 0 Å². The maximum atomic E-state index is 6.00. The van der Waals surface area contributed by atoms with Crippen molar-refractivity contribution >= 4 is 11.8 Å². The molecule has 1 unspecified atom stereocenters. The van der Waals surface area contributed by atoms with E-state index in [1.165, 1.54) is 4.90 Å². The van der Waals surface area contributed by atoms with Crippen LogP contribution in [0.3, 0.4) is 0 Å². The summed E-state index contributed by atoms with van der Waals surface area (Å²) in [5.74, 6) is 0. The van der Waals surface area contributed by atoms with Crippen molar-refractivity contribution in [2.45, 2.75) is 24.3 Å². The summed E-state index contributed by atoms with van der Waals surface area (Å²) >= 11 is 1.74. The lowest BCUT2D eigenvalue weighted by Crippen LogP contribution is -2.17. The van der Waals surface area contributed by atoms with Crippen LogP contribution in [0.2, 0.25) is 0 Å². The normalized spacial score (nSPS) is 12.7. The summed E-state index contributed by atoms with van der Waals surface area (Å²) in [5, 5.41) is 0. The van der Waals surface area contributed by atoms with Crippen molar-refractivity contribution in [3.63, 3.8) is 0 Å². The van der Waals surface area contributed by atoms with E-state index in [-0.39, 0.29) is 6.04 Å². The van der Waals surface area contributed by atoms with Crippen LogP contribution in [0.15, 0.2) is 29.2 Å². The molecule has 0 spiro atoms. The van der Waals surface area contributed by atoms with Crippen molar-refractivity contribution in [3.8, 4) is 0 Å². The van der Waals surface area contributed by atoms with Gasteiger partial charge in [0.05, 0.1) is 12.6 Å². The molecule has 0 aliphatic carbocycles. The molecule has 15 heavy (non-hydrogen) atoms. The first-order valence-corrected chi connectivity index (χ1v) is 6.47. The Bertz CT molecular complexity index is 273. The van der Waals surface area contributed by atoms with Gasteiger partial charge in [-0.15, -0.1) is 11.8 Å². The number of benzene rings is 1. The van der Waals surface area contributed by atoms with Crippen LogP contribution in [0.25, 0.3) is 0 Å². The van der Waals surface area contributed by atoms with Gasteiger partial charge in [-0.2, -0.15) is 0 Å². The van der Waals surface area contributed by atoms with Gasteiger partial charge >= 0.3 is 0 Å². The second-order valence-corrected chi connectivity index (χ2v) is 4.33. The summed E-state index contributed by atoms with van der Waals surface area (Å²) in [7, 11) is 0. The molecule has 1 aromatic carbocycles. The number of hydrogen-bond donors (Lipinski definition) is 1. The molecule has 1 aromatic rings. The highest BCUT2D eigenvalue weighted by atomic mass is 32.2. The largest absolute Gasteiger partial charge is 0.379 e. The molecule has 2 N–H and O–H groups in total. The molecule has 3 heteroatoms. The zero-order valence-electron chi connectivity index (χ0n) is 9.40. The van der Waals surface area contributed by atoms with Gasteiger partial charge in [0.25, 0.3) is 0 Å². The van der Waals surface area contributed by atoms with Crippen LogP contribution in [0, 0.1) is 0 Å². The van der Waals surface area contributed by atoms with E-state index in [0.29, 0.717) is 6.61 Å². The summed E-state index contributed by atoms with van der Waals surface area (Å²) in [5.41, 5.74) is 7.14. The van der Waals surface area contributed by atoms with Crippen LogP contribution in [0.5, 0.6) is 0 Å². The molecule has 0 bridgehead atoms. The van der Waals surface area contributed by atoms with Gasteiger partial charge in [0.2, 0.25) is 0 Å². The van der Waals surface area contributed by atoms with Gasteiger partial charge in [-0.25, -0.2) is 0 Å². The first-order valence-electron chi connectivity index (χ1n) is 5.25. The van der Waals surface area contributed by atoms with Gasteiger partial charge in [0.15, 0.2) is 0 Å². The maximum Gasteiger partial charge on any atom is 0.0659 e. The van der Waals surface area contributed by atoms with E-state index in [4.69, 9.17) is 10.5 Å². The van der Waals surface area contributed by atoms with Gasteiger partial charge in [-0.1, -0.05) is 19.1 Å². The maximum absolute atomic E-state index is 6.00. The Labute approximate surface area is 96.2 Å². The average Bonchev–Trinajstić information content (AvgIpc) is 2.29. The molecule has 0 amide bonds. The molecule has 84 valence electrons. The number of rotatable bonds is 6. The fourth-order valence-electron chi connectivity index (χ4n) is 1.30. The third-order valence-corrected chi connectivity index (χ3v) is 2.93. The molecular weight excluding hydrogens is 206 g/mol. The smallest absolute Gasteiger partial charge is 0.0659 e. The monoisotopic (exact) mass is 225 g/mol. The number of thioether (sulfide) groups is 1. The molecule has 0 fully saturated rings. The molecule has 0 radical (unpaired) electrons. The Hall–Kier alpha value is -0.510. The summed E-state index contributed by atoms with van der Waals surface area (Å²) in [6.07, 6.45) is 3.11. The quantitative estimate of drug-likeness (QED) is 0.597. The van der Waals surface area contributed by atoms with E-state index < -0.39 is 0 Å². The van der Waals surface area contributed by atoms with Crippen molar-refractivity contribution in [2.75, 3.05) is 19.5 Å². The van der Waals surface area contributed by atoms with Gasteiger partial charge < -0.3 is 10.5 Å². The highest BCUT2D eigenvalue weighted by molar-refractivity contribution is 7.98. The van der Waals surface area contributed by atoms with Crippen LogP contribution in [-0.4, -0.2) is 19.5 Å². The first-order chi connectivity index (χ1) is 7.27. The van der Waals surface area contributed by atoms with Gasteiger partial charge in [0.1, 0.15) is 0 Å². The molecule has 0 aromatic heterocycles. The van der Waals surface area contributed by atoms with E-state index >= 15 is 0 Å². The Morgan fingerprint density at radius 3 is 2.53 bits per heavy atom. The Balaban J connectivity index is 2.46. The van der Waals surface area contributed by atoms with E-state index in [9.17, 15) is 0 Å². The van der Waals surface area contributed by atoms with Crippen LogP contribution < -0.4 is 5.73 Å². The molecule has 0 saturated heterocycles. The minimum atomic E-state index is -0.00699. The lowest BCUT2D eigenvalue weighted by atomic mass is 10.1. The molecule has 1 atom stereocenters. The fraction of sp³-hybridized carbons (Fsp3) is 0.500. The fourth-order valence-corrected chi connectivity index (χ4v) is 1.71. The Morgan fingerprint density at radius 2 is 2.00 bits per heavy atom. The predicted molar refractivity (Wildman–Crippen MR) is 66.3 cm³/mol. The van der Waals surface area contributed by atoms with Gasteiger partial charge in [-0.05, 0) is 30.4 Å². The lowest BCUT2D eigenvalue weighted by molar-refractivity contribution is 0.121. The van der Waals surface area contributed by atoms with E-state index in [1.54, 1.807) is 11.8 Å². The standard InChI is InChI=1S/C12H19NOS/c1-3-8-14-9-12(13)10-4-6-11(15-2)7-5-10/h4-7,12H,3,8-9,13H2,1-2H3. The number of hydrogen-bond acceptors (Lipinski definition) is 3.